The topological polar surface area (TPSA) is 100 Å². The number of rotatable bonds is 11. The molecule has 0 aliphatic heterocycles. The molecule has 0 amide bonds. The highest BCUT2D eigenvalue weighted by Crippen LogP contribution is 2.34. The zero-order chi connectivity index (χ0) is 21.2. The summed E-state index contributed by atoms with van der Waals surface area (Å²) in [6.45, 7) is 6.71. The lowest BCUT2D eigenvalue weighted by molar-refractivity contribution is -0.178. The number of hydrogen-bond donors (Lipinski definition) is 1. The smallest absolute Gasteiger partial charge is 0.330 e. The second-order valence-electron chi connectivity index (χ2n) is 5.82. The van der Waals surface area contributed by atoms with Crippen LogP contribution in [0.4, 0.5) is 5.69 Å². The van der Waals surface area contributed by atoms with E-state index in [2.05, 4.69) is 5.32 Å². The maximum atomic E-state index is 12.9. The molecule has 8 nitrogen and oxygen atoms in total. The number of nitrogens with one attached hydrogen (secondary N) is 1. The van der Waals surface area contributed by atoms with Gasteiger partial charge in [0.05, 0.1) is 26.9 Å². The van der Waals surface area contributed by atoms with E-state index in [1.165, 1.54) is 7.11 Å². The standard InChI is InChI=1S/C20H29NO7/c1-6-20(18(23)27-8-3,19(24)28-9-4)16(17(22)26-7-2)21-14-10-12-15(25-5)13-11-14/h10-13,16,21H,6-9H2,1-5H3/t16-/m1/s1. The summed E-state index contributed by atoms with van der Waals surface area (Å²) in [6.07, 6.45) is -0.0166. The van der Waals surface area contributed by atoms with E-state index in [0.29, 0.717) is 11.4 Å². The number of benzene rings is 1. The molecule has 0 bridgehead atoms. The van der Waals surface area contributed by atoms with Crippen molar-refractivity contribution in [1.29, 1.82) is 0 Å². The zero-order valence-corrected chi connectivity index (χ0v) is 17.1. The van der Waals surface area contributed by atoms with Gasteiger partial charge in [0.25, 0.3) is 0 Å². The predicted molar refractivity (Wildman–Crippen MR) is 103 cm³/mol. The number of esters is 3. The van der Waals surface area contributed by atoms with Crippen LogP contribution in [0.5, 0.6) is 5.75 Å². The van der Waals surface area contributed by atoms with Crippen LogP contribution in [0.2, 0.25) is 0 Å². The van der Waals surface area contributed by atoms with E-state index in [1.54, 1.807) is 52.0 Å². The van der Waals surface area contributed by atoms with Gasteiger partial charge < -0.3 is 24.3 Å². The summed E-state index contributed by atoms with van der Waals surface area (Å²) in [7, 11) is 1.54. The average Bonchev–Trinajstić information content (AvgIpc) is 2.69. The molecule has 0 fully saturated rings. The molecule has 0 aromatic heterocycles. The summed E-state index contributed by atoms with van der Waals surface area (Å²) in [5.74, 6) is -1.80. The Hall–Kier alpha value is -2.77. The Bertz CT molecular complexity index is 639. The third kappa shape index (κ3) is 5.15. The van der Waals surface area contributed by atoms with E-state index in [-0.39, 0.29) is 26.2 Å². The molecule has 0 saturated carbocycles. The molecule has 8 heteroatoms. The maximum absolute atomic E-state index is 12.9. The van der Waals surface area contributed by atoms with Gasteiger partial charge in [-0.3, -0.25) is 9.59 Å². The van der Waals surface area contributed by atoms with Crippen molar-refractivity contribution in [1.82, 2.24) is 0 Å². The zero-order valence-electron chi connectivity index (χ0n) is 17.1. The van der Waals surface area contributed by atoms with Crippen molar-refractivity contribution in [2.45, 2.75) is 40.2 Å². The van der Waals surface area contributed by atoms with Gasteiger partial charge in [0.15, 0.2) is 11.5 Å². The SMILES string of the molecule is CCOC(=O)[C@@H](Nc1ccc(OC)cc1)C(CC)(C(=O)OCC)C(=O)OCC. The van der Waals surface area contributed by atoms with Gasteiger partial charge in [-0.15, -0.1) is 0 Å². The number of carbonyl (C=O) groups excluding carboxylic acids is 3. The minimum atomic E-state index is -1.89. The minimum absolute atomic E-state index is 0.0166. The largest absolute Gasteiger partial charge is 0.497 e. The molecule has 28 heavy (non-hydrogen) atoms. The van der Waals surface area contributed by atoms with E-state index in [9.17, 15) is 14.4 Å². The molecule has 1 aromatic carbocycles. The molecule has 0 aliphatic rings. The summed E-state index contributed by atoms with van der Waals surface area (Å²) in [6, 6.07) is 5.38. The molecule has 0 radical (unpaired) electrons. The van der Waals surface area contributed by atoms with E-state index in [4.69, 9.17) is 18.9 Å². The summed E-state index contributed by atoms with van der Waals surface area (Å²) < 4.78 is 20.5. The number of hydrogen-bond acceptors (Lipinski definition) is 8. The number of anilines is 1. The fourth-order valence-electron chi connectivity index (χ4n) is 2.79. The normalized spacial score (nSPS) is 11.9. The molecule has 0 unspecified atom stereocenters. The van der Waals surface area contributed by atoms with Crippen molar-refractivity contribution in [2.75, 3.05) is 32.2 Å². The van der Waals surface area contributed by atoms with Gasteiger partial charge in [-0.05, 0) is 51.5 Å². The van der Waals surface area contributed by atoms with Crippen molar-refractivity contribution in [3.8, 4) is 5.75 Å². The molecule has 1 atom stereocenters. The summed E-state index contributed by atoms with van der Waals surface area (Å²) in [4.78, 5) is 38.5. The van der Waals surface area contributed by atoms with Crippen LogP contribution in [-0.4, -0.2) is 50.9 Å². The van der Waals surface area contributed by atoms with Crippen LogP contribution in [0.3, 0.4) is 0 Å². The van der Waals surface area contributed by atoms with E-state index in [0.717, 1.165) is 0 Å². The molecule has 0 saturated heterocycles. The predicted octanol–water partition coefficient (Wildman–Crippen LogP) is 2.56. The molecule has 0 heterocycles. The molecular weight excluding hydrogens is 366 g/mol. The second kappa shape index (κ2) is 11.2. The summed E-state index contributed by atoms with van der Waals surface area (Å²) in [5.41, 5.74) is -1.39. The van der Waals surface area contributed by atoms with Crippen molar-refractivity contribution in [2.24, 2.45) is 5.41 Å². The third-order valence-electron chi connectivity index (χ3n) is 4.25. The maximum Gasteiger partial charge on any atom is 0.330 e. The Morgan fingerprint density at radius 3 is 1.79 bits per heavy atom. The van der Waals surface area contributed by atoms with Gasteiger partial charge in [-0.2, -0.15) is 0 Å². The molecule has 1 rings (SSSR count). The van der Waals surface area contributed by atoms with E-state index < -0.39 is 29.4 Å². The molecule has 1 aromatic rings. The van der Waals surface area contributed by atoms with Crippen LogP contribution < -0.4 is 10.1 Å². The third-order valence-corrected chi connectivity index (χ3v) is 4.25. The first kappa shape index (κ1) is 23.3. The van der Waals surface area contributed by atoms with Gasteiger partial charge in [0.2, 0.25) is 0 Å². The lowest BCUT2D eigenvalue weighted by atomic mass is 9.77. The first-order valence-corrected chi connectivity index (χ1v) is 9.32. The molecule has 156 valence electrons. The van der Waals surface area contributed by atoms with Crippen LogP contribution in [-0.2, 0) is 28.6 Å². The van der Waals surface area contributed by atoms with Crippen LogP contribution in [0.25, 0.3) is 0 Å². The van der Waals surface area contributed by atoms with Crippen molar-refractivity contribution in [3.05, 3.63) is 24.3 Å². The number of carbonyl (C=O) groups is 3. The van der Waals surface area contributed by atoms with Crippen LogP contribution in [0.15, 0.2) is 24.3 Å². The Morgan fingerprint density at radius 1 is 0.893 bits per heavy atom. The lowest BCUT2D eigenvalue weighted by Crippen LogP contribution is -2.57. The fraction of sp³-hybridized carbons (Fsp3) is 0.550. The number of methoxy groups -OCH3 is 1. The van der Waals surface area contributed by atoms with Crippen molar-refractivity contribution < 1.29 is 33.3 Å². The highest BCUT2D eigenvalue weighted by Gasteiger charge is 2.57. The fourth-order valence-corrected chi connectivity index (χ4v) is 2.79. The monoisotopic (exact) mass is 395 g/mol. The van der Waals surface area contributed by atoms with E-state index in [1.807, 2.05) is 0 Å². The molecular formula is C20H29NO7. The molecule has 0 spiro atoms. The quantitative estimate of drug-likeness (QED) is 0.347. The van der Waals surface area contributed by atoms with Gasteiger partial charge in [0, 0.05) is 5.69 Å². The highest BCUT2D eigenvalue weighted by molar-refractivity contribution is 6.06. The second-order valence-corrected chi connectivity index (χ2v) is 5.82. The minimum Gasteiger partial charge on any atom is -0.497 e. The highest BCUT2D eigenvalue weighted by atomic mass is 16.6. The van der Waals surface area contributed by atoms with Crippen LogP contribution in [0, 0.1) is 5.41 Å². The lowest BCUT2D eigenvalue weighted by Gasteiger charge is -2.34. The van der Waals surface area contributed by atoms with Crippen molar-refractivity contribution >= 4 is 23.6 Å². The first-order chi connectivity index (χ1) is 13.4. The van der Waals surface area contributed by atoms with Gasteiger partial charge in [-0.25, -0.2) is 4.79 Å². The van der Waals surface area contributed by atoms with Crippen LogP contribution in [0.1, 0.15) is 34.1 Å². The summed E-state index contributed by atoms with van der Waals surface area (Å²) in [5, 5.41) is 2.95. The van der Waals surface area contributed by atoms with Crippen LogP contribution >= 0.6 is 0 Å². The molecule has 1 N–H and O–H groups in total. The molecule has 0 aliphatic carbocycles. The Balaban J connectivity index is 3.45. The Morgan fingerprint density at radius 2 is 1.39 bits per heavy atom. The van der Waals surface area contributed by atoms with E-state index >= 15 is 0 Å². The average molecular weight is 395 g/mol. The first-order valence-electron chi connectivity index (χ1n) is 9.32. The van der Waals surface area contributed by atoms with Gasteiger partial charge >= 0.3 is 17.9 Å². The Kier molecular flexibility index (Phi) is 9.27. The summed E-state index contributed by atoms with van der Waals surface area (Å²) >= 11 is 0. The van der Waals surface area contributed by atoms with Gasteiger partial charge in [0.1, 0.15) is 5.75 Å². The van der Waals surface area contributed by atoms with Gasteiger partial charge in [-0.1, -0.05) is 6.92 Å². The number of ether oxygens (including phenoxy) is 4. The Labute approximate surface area is 165 Å². The van der Waals surface area contributed by atoms with Crippen molar-refractivity contribution in [3.63, 3.8) is 0 Å².